The van der Waals surface area contributed by atoms with Gasteiger partial charge in [0.1, 0.15) is 12.4 Å². The minimum Gasteiger partial charge on any atom is -0.491 e. The van der Waals surface area contributed by atoms with E-state index in [1.807, 2.05) is 18.2 Å². The summed E-state index contributed by atoms with van der Waals surface area (Å²) < 4.78 is 6.65. The summed E-state index contributed by atoms with van der Waals surface area (Å²) in [6, 6.07) is 5.60. The van der Waals surface area contributed by atoms with Gasteiger partial charge in [0.05, 0.1) is 9.11 Å². The summed E-state index contributed by atoms with van der Waals surface area (Å²) >= 11 is 8.04. The van der Waals surface area contributed by atoms with Crippen molar-refractivity contribution in [2.75, 3.05) is 6.61 Å². The molecule has 1 fully saturated rings. The Labute approximate surface area is 114 Å². The molecule has 84 valence electrons. The van der Waals surface area contributed by atoms with Gasteiger partial charge in [0.15, 0.2) is 0 Å². The van der Waals surface area contributed by atoms with Crippen molar-refractivity contribution in [1.82, 2.24) is 0 Å². The maximum Gasteiger partial charge on any atom is 0.132 e. The van der Waals surface area contributed by atoms with E-state index >= 15 is 0 Å². The third kappa shape index (κ3) is 3.66. The quantitative estimate of drug-likeness (QED) is 0.841. The SMILES string of the molecule is Cl.NC1(COc2ccc(Cl)cc2I)CC1. The lowest BCUT2D eigenvalue weighted by molar-refractivity contribution is 0.277. The van der Waals surface area contributed by atoms with E-state index < -0.39 is 0 Å². The molecule has 0 radical (unpaired) electrons. The van der Waals surface area contributed by atoms with Crippen molar-refractivity contribution in [3.63, 3.8) is 0 Å². The first-order valence-electron chi connectivity index (χ1n) is 4.46. The average Bonchev–Trinajstić information content (AvgIpc) is 2.83. The molecular formula is C10H12Cl2INO. The molecule has 15 heavy (non-hydrogen) atoms. The Balaban J connectivity index is 0.00000112. The molecule has 0 aliphatic heterocycles. The molecule has 2 rings (SSSR count). The van der Waals surface area contributed by atoms with Gasteiger partial charge >= 0.3 is 0 Å². The van der Waals surface area contributed by atoms with Gasteiger partial charge in [-0.25, -0.2) is 0 Å². The fourth-order valence-electron chi connectivity index (χ4n) is 1.12. The zero-order chi connectivity index (χ0) is 10.2. The fourth-order valence-corrected chi connectivity index (χ4v) is 2.15. The van der Waals surface area contributed by atoms with Crippen LogP contribution in [0, 0.1) is 3.57 Å². The molecule has 0 bridgehead atoms. The van der Waals surface area contributed by atoms with Crippen LogP contribution in [0.25, 0.3) is 0 Å². The van der Waals surface area contributed by atoms with Gasteiger partial charge in [-0.2, -0.15) is 0 Å². The Bertz CT molecular complexity index is 355. The van der Waals surface area contributed by atoms with Crippen LogP contribution in [0.4, 0.5) is 0 Å². The lowest BCUT2D eigenvalue weighted by Gasteiger charge is -2.12. The lowest BCUT2D eigenvalue weighted by atomic mass is 10.3. The van der Waals surface area contributed by atoms with Crippen molar-refractivity contribution in [2.24, 2.45) is 5.73 Å². The predicted octanol–water partition coefficient (Wildman–Crippen LogP) is 3.24. The molecule has 0 heterocycles. The van der Waals surface area contributed by atoms with Crippen LogP contribution in [-0.4, -0.2) is 12.1 Å². The van der Waals surface area contributed by atoms with Crippen molar-refractivity contribution >= 4 is 46.6 Å². The molecule has 1 aliphatic carbocycles. The maximum atomic E-state index is 5.92. The van der Waals surface area contributed by atoms with Crippen LogP contribution in [0.1, 0.15) is 12.8 Å². The average molecular weight is 360 g/mol. The Morgan fingerprint density at radius 3 is 2.67 bits per heavy atom. The summed E-state index contributed by atoms with van der Waals surface area (Å²) in [6.45, 7) is 0.602. The summed E-state index contributed by atoms with van der Waals surface area (Å²) in [5.41, 5.74) is 5.85. The maximum absolute atomic E-state index is 5.92. The summed E-state index contributed by atoms with van der Waals surface area (Å²) in [4.78, 5) is 0. The molecule has 1 aromatic rings. The topological polar surface area (TPSA) is 35.2 Å². The molecule has 1 saturated carbocycles. The van der Waals surface area contributed by atoms with Crippen LogP contribution in [-0.2, 0) is 0 Å². The second-order valence-electron chi connectivity index (χ2n) is 3.73. The molecule has 2 N–H and O–H groups in total. The minimum absolute atomic E-state index is 0. The zero-order valence-corrected chi connectivity index (χ0v) is 11.7. The molecule has 1 aromatic carbocycles. The molecule has 0 spiro atoms. The first-order chi connectivity index (χ1) is 6.59. The van der Waals surface area contributed by atoms with Crippen molar-refractivity contribution in [3.05, 3.63) is 26.8 Å². The van der Waals surface area contributed by atoms with Gasteiger partial charge < -0.3 is 10.5 Å². The summed E-state index contributed by atoms with van der Waals surface area (Å²) in [7, 11) is 0. The number of nitrogens with two attached hydrogens (primary N) is 1. The largest absolute Gasteiger partial charge is 0.491 e. The monoisotopic (exact) mass is 359 g/mol. The Morgan fingerprint density at radius 2 is 2.13 bits per heavy atom. The van der Waals surface area contributed by atoms with E-state index in [0.717, 1.165) is 27.2 Å². The molecule has 0 atom stereocenters. The number of rotatable bonds is 3. The standard InChI is InChI=1S/C10H11ClINO.ClH/c11-7-1-2-9(8(12)5-7)14-6-10(13)3-4-10;/h1-2,5H,3-4,6,13H2;1H. The molecular weight excluding hydrogens is 348 g/mol. The van der Waals surface area contributed by atoms with Crippen molar-refractivity contribution < 1.29 is 4.74 Å². The Morgan fingerprint density at radius 1 is 1.47 bits per heavy atom. The predicted molar refractivity (Wildman–Crippen MR) is 73.1 cm³/mol. The minimum atomic E-state index is -0.0667. The number of halogens is 3. The van der Waals surface area contributed by atoms with E-state index in [9.17, 15) is 0 Å². The van der Waals surface area contributed by atoms with E-state index in [1.54, 1.807) is 0 Å². The van der Waals surface area contributed by atoms with Gasteiger partial charge in [0.25, 0.3) is 0 Å². The molecule has 5 heteroatoms. The normalized spacial score (nSPS) is 16.7. The molecule has 0 unspecified atom stereocenters. The highest BCUT2D eigenvalue weighted by Gasteiger charge is 2.39. The number of hydrogen-bond acceptors (Lipinski definition) is 2. The van der Waals surface area contributed by atoms with Crippen LogP contribution in [0.3, 0.4) is 0 Å². The molecule has 1 aliphatic rings. The summed E-state index contributed by atoms with van der Waals surface area (Å²) in [5.74, 6) is 0.867. The molecule has 0 aromatic heterocycles. The second kappa shape index (κ2) is 5.08. The highest BCUT2D eigenvalue weighted by Crippen LogP contribution is 2.33. The first kappa shape index (κ1) is 13.4. The van der Waals surface area contributed by atoms with Gasteiger partial charge in [-0.3, -0.25) is 0 Å². The zero-order valence-electron chi connectivity index (χ0n) is 8.00. The van der Waals surface area contributed by atoms with Gasteiger partial charge in [-0.15, -0.1) is 12.4 Å². The van der Waals surface area contributed by atoms with Crippen LogP contribution in [0.5, 0.6) is 5.75 Å². The Kier molecular flexibility index (Phi) is 4.52. The number of ether oxygens (including phenoxy) is 1. The van der Waals surface area contributed by atoms with Crippen LogP contribution in [0.2, 0.25) is 5.02 Å². The highest BCUT2D eigenvalue weighted by molar-refractivity contribution is 14.1. The van der Waals surface area contributed by atoms with Gasteiger partial charge in [0.2, 0.25) is 0 Å². The first-order valence-corrected chi connectivity index (χ1v) is 5.91. The van der Waals surface area contributed by atoms with E-state index in [4.69, 9.17) is 22.1 Å². The van der Waals surface area contributed by atoms with E-state index in [0.29, 0.717) is 6.61 Å². The van der Waals surface area contributed by atoms with Gasteiger partial charge in [-0.1, -0.05) is 11.6 Å². The molecule has 0 amide bonds. The summed E-state index contributed by atoms with van der Waals surface area (Å²) in [5, 5.41) is 0.732. The molecule has 0 saturated heterocycles. The van der Waals surface area contributed by atoms with Crippen molar-refractivity contribution in [2.45, 2.75) is 18.4 Å². The van der Waals surface area contributed by atoms with Crippen LogP contribution in [0.15, 0.2) is 18.2 Å². The highest BCUT2D eigenvalue weighted by atomic mass is 127. The van der Waals surface area contributed by atoms with E-state index in [-0.39, 0.29) is 17.9 Å². The second-order valence-corrected chi connectivity index (χ2v) is 5.32. The smallest absolute Gasteiger partial charge is 0.132 e. The fraction of sp³-hybridized carbons (Fsp3) is 0.400. The Hall–Kier alpha value is 0.290. The van der Waals surface area contributed by atoms with Crippen LogP contribution >= 0.6 is 46.6 Å². The van der Waals surface area contributed by atoms with Crippen LogP contribution < -0.4 is 10.5 Å². The van der Waals surface area contributed by atoms with E-state index in [1.165, 1.54) is 0 Å². The van der Waals surface area contributed by atoms with Crippen molar-refractivity contribution in [3.8, 4) is 5.75 Å². The number of benzene rings is 1. The number of hydrogen-bond donors (Lipinski definition) is 1. The lowest BCUT2D eigenvalue weighted by Crippen LogP contribution is -2.29. The van der Waals surface area contributed by atoms with Crippen molar-refractivity contribution in [1.29, 1.82) is 0 Å². The third-order valence-corrected chi connectivity index (χ3v) is 3.38. The van der Waals surface area contributed by atoms with Gasteiger partial charge in [0, 0.05) is 5.02 Å². The third-order valence-electron chi connectivity index (χ3n) is 2.30. The van der Waals surface area contributed by atoms with E-state index in [2.05, 4.69) is 22.6 Å². The van der Waals surface area contributed by atoms with Gasteiger partial charge in [-0.05, 0) is 53.6 Å². The molecule has 2 nitrogen and oxygen atoms in total. The summed E-state index contributed by atoms with van der Waals surface area (Å²) in [6.07, 6.45) is 2.13.